The monoisotopic (exact) mass is 259 g/mol. The van der Waals surface area contributed by atoms with Gasteiger partial charge in [0.1, 0.15) is 5.82 Å². The highest BCUT2D eigenvalue weighted by Gasteiger charge is 2.29. The maximum absolute atomic E-state index is 4.68. The highest BCUT2D eigenvalue weighted by Crippen LogP contribution is 2.32. The van der Waals surface area contributed by atoms with Gasteiger partial charge >= 0.3 is 0 Å². The van der Waals surface area contributed by atoms with Crippen molar-refractivity contribution >= 4 is 0 Å². The van der Waals surface area contributed by atoms with Crippen molar-refractivity contribution < 1.29 is 0 Å². The lowest BCUT2D eigenvalue weighted by Crippen LogP contribution is -2.25. The van der Waals surface area contributed by atoms with Crippen LogP contribution in [0.4, 0.5) is 0 Å². The van der Waals surface area contributed by atoms with Gasteiger partial charge in [0.05, 0.1) is 17.4 Å². The summed E-state index contributed by atoms with van der Waals surface area (Å²) in [5, 5.41) is 4.48. The fourth-order valence-corrected chi connectivity index (χ4v) is 3.01. The molecule has 0 radical (unpaired) electrons. The topological polar surface area (TPSA) is 38.9 Å². The highest BCUT2D eigenvalue weighted by atomic mass is 15.3. The van der Waals surface area contributed by atoms with E-state index in [0.717, 1.165) is 24.5 Å². The Balaban J connectivity index is 1.79. The molecule has 3 heterocycles. The van der Waals surface area contributed by atoms with Crippen LogP contribution in [0.1, 0.15) is 36.1 Å². The highest BCUT2D eigenvalue weighted by molar-refractivity contribution is 5.09. The Morgan fingerprint density at radius 2 is 2.21 bits per heavy atom. The molecule has 19 heavy (non-hydrogen) atoms. The first-order valence-electron chi connectivity index (χ1n) is 6.86. The third-order valence-electron chi connectivity index (χ3n) is 3.83. The molecule has 5 heteroatoms. The average Bonchev–Trinajstić information content (AvgIpc) is 3.02. The minimum Gasteiger partial charge on any atom is -0.336 e. The first-order chi connectivity index (χ1) is 9.13. The number of aromatic nitrogens is 4. The summed E-state index contributed by atoms with van der Waals surface area (Å²) in [6, 6.07) is 2.53. The number of hydrogen-bond acceptors (Lipinski definition) is 3. The molecule has 1 saturated heterocycles. The minimum absolute atomic E-state index is 0.431. The van der Waals surface area contributed by atoms with Crippen LogP contribution in [-0.4, -0.2) is 30.8 Å². The summed E-state index contributed by atoms with van der Waals surface area (Å²) in [4.78, 5) is 7.18. The van der Waals surface area contributed by atoms with Crippen molar-refractivity contribution in [1.29, 1.82) is 0 Å². The van der Waals surface area contributed by atoms with Gasteiger partial charge in [-0.3, -0.25) is 9.58 Å². The Hall–Kier alpha value is -1.62. The number of hydrogen-bond donors (Lipinski definition) is 0. The van der Waals surface area contributed by atoms with Crippen LogP contribution in [0.2, 0.25) is 0 Å². The van der Waals surface area contributed by atoms with Crippen LogP contribution in [0.3, 0.4) is 0 Å². The van der Waals surface area contributed by atoms with E-state index in [4.69, 9.17) is 0 Å². The van der Waals surface area contributed by atoms with Gasteiger partial charge in [-0.1, -0.05) is 0 Å². The van der Waals surface area contributed by atoms with Gasteiger partial charge < -0.3 is 4.57 Å². The van der Waals surface area contributed by atoms with Gasteiger partial charge in [0.25, 0.3) is 0 Å². The molecule has 0 aromatic carbocycles. The molecular formula is C14H21N5. The van der Waals surface area contributed by atoms with Crippen LogP contribution in [0.5, 0.6) is 0 Å². The van der Waals surface area contributed by atoms with E-state index in [0.29, 0.717) is 6.04 Å². The van der Waals surface area contributed by atoms with Crippen molar-refractivity contribution in [1.82, 2.24) is 24.2 Å². The average molecular weight is 259 g/mol. The van der Waals surface area contributed by atoms with Crippen LogP contribution in [-0.2, 0) is 20.6 Å². The zero-order chi connectivity index (χ0) is 13.4. The van der Waals surface area contributed by atoms with E-state index in [1.807, 2.05) is 17.9 Å². The molecule has 0 N–H and O–H groups in total. The third-order valence-corrected chi connectivity index (χ3v) is 3.83. The smallest absolute Gasteiger partial charge is 0.126 e. The number of rotatable bonds is 3. The Kier molecular flexibility index (Phi) is 3.14. The Bertz CT molecular complexity index is 568. The van der Waals surface area contributed by atoms with E-state index in [1.54, 1.807) is 0 Å². The Morgan fingerprint density at radius 1 is 1.37 bits per heavy atom. The molecule has 0 saturated carbocycles. The zero-order valence-corrected chi connectivity index (χ0v) is 11.9. The first kappa shape index (κ1) is 12.4. The molecule has 1 atom stereocenters. The summed E-state index contributed by atoms with van der Waals surface area (Å²) in [6.07, 6.45) is 6.54. The van der Waals surface area contributed by atoms with Crippen LogP contribution in [0.25, 0.3) is 0 Å². The van der Waals surface area contributed by atoms with E-state index < -0.39 is 0 Å². The van der Waals surface area contributed by atoms with Gasteiger partial charge in [-0.2, -0.15) is 5.10 Å². The second-order valence-corrected chi connectivity index (χ2v) is 5.46. The van der Waals surface area contributed by atoms with Gasteiger partial charge in [-0.05, 0) is 32.4 Å². The van der Waals surface area contributed by atoms with Crippen LogP contribution < -0.4 is 0 Å². The number of aryl methyl sites for hydroxylation is 3. The molecule has 1 aliphatic heterocycles. The predicted molar refractivity (Wildman–Crippen MR) is 73.5 cm³/mol. The molecule has 1 unspecified atom stereocenters. The molecule has 3 rings (SSSR count). The maximum atomic E-state index is 4.68. The van der Waals surface area contributed by atoms with Crippen molar-refractivity contribution in [2.24, 2.45) is 14.1 Å². The maximum Gasteiger partial charge on any atom is 0.126 e. The fourth-order valence-electron chi connectivity index (χ4n) is 3.01. The SMILES string of the molecule is Cc1cn(C)c(C2CCCN2Cc2ccn(C)n2)n1. The summed E-state index contributed by atoms with van der Waals surface area (Å²) in [5.41, 5.74) is 2.24. The summed E-state index contributed by atoms with van der Waals surface area (Å²) in [5.74, 6) is 1.19. The molecule has 5 nitrogen and oxygen atoms in total. The normalized spacial score (nSPS) is 20.3. The lowest BCUT2D eigenvalue weighted by atomic mass is 10.2. The number of likely N-dealkylation sites (tertiary alicyclic amines) is 1. The van der Waals surface area contributed by atoms with Crippen LogP contribution in [0.15, 0.2) is 18.5 Å². The fraction of sp³-hybridized carbons (Fsp3) is 0.571. The largest absolute Gasteiger partial charge is 0.336 e. The Labute approximate surface area is 113 Å². The van der Waals surface area contributed by atoms with Gasteiger partial charge in [0.15, 0.2) is 0 Å². The van der Waals surface area contributed by atoms with Gasteiger partial charge in [0.2, 0.25) is 0 Å². The van der Waals surface area contributed by atoms with Crippen molar-refractivity contribution in [2.45, 2.75) is 32.4 Å². The molecule has 1 fully saturated rings. The molecule has 2 aromatic heterocycles. The lowest BCUT2D eigenvalue weighted by molar-refractivity contribution is 0.233. The standard InChI is InChI=1S/C14H21N5/c1-11-9-17(2)14(15-11)13-5-4-7-19(13)10-12-6-8-18(3)16-12/h6,8-9,13H,4-5,7,10H2,1-3H3. The molecule has 2 aromatic rings. The van der Waals surface area contributed by atoms with E-state index in [-0.39, 0.29) is 0 Å². The first-order valence-corrected chi connectivity index (χ1v) is 6.86. The van der Waals surface area contributed by atoms with E-state index in [1.165, 1.54) is 18.7 Å². The Morgan fingerprint density at radius 3 is 2.84 bits per heavy atom. The van der Waals surface area contributed by atoms with Crippen molar-refractivity contribution in [2.75, 3.05) is 6.54 Å². The molecular weight excluding hydrogens is 238 g/mol. The van der Waals surface area contributed by atoms with Crippen molar-refractivity contribution in [3.63, 3.8) is 0 Å². The van der Waals surface area contributed by atoms with Gasteiger partial charge in [-0.15, -0.1) is 0 Å². The van der Waals surface area contributed by atoms with Crippen molar-refractivity contribution in [3.8, 4) is 0 Å². The van der Waals surface area contributed by atoms with Crippen LogP contribution in [0, 0.1) is 6.92 Å². The molecule has 0 aliphatic carbocycles. The van der Waals surface area contributed by atoms with Crippen molar-refractivity contribution in [3.05, 3.63) is 35.7 Å². The lowest BCUT2D eigenvalue weighted by Gasteiger charge is -2.23. The minimum atomic E-state index is 0.431. The molecule has 0 amide bonds. The molecule has 0 spiro atoms. The zero-order valence-electron chi connectivity index (χ0n) is 11.9. The van der Waals surface area contributed by atoms with Gasteiger partial charge in [-0.25, -0.2) is 4.98 Å². The van der Waals surface area contributed by atoms with E-state index in [9.17, 15) is 0 Å². The summed E-state index contributed by atoms with van der Waals surface area (Å²) < 4.78 is 4.03. The second-order valence-electron chi connectivity index (χ2n) is 5.46. The molecule has 1 aliphatic rings. The van der Waals surface area contributed by atoms with E-state index >= 15 is 0 Å². The summed E-state index contributed by atoms with van der Waals surface area (Å²) >= 11 is 0. The summed E-state index contributed by atoms with van der Waals surface area (Å²) in [7, 11) is 4.06. The van der Waals surface area contributed by atoms with E-state index in [2.05, 4.69) is 45.8 Å². The second kappa shape index (κ2) is 4.81. The quantitative estimate of drug-likeness (QED) is 0.843. The van der Waals surface area contributed by atoms with Gasteiger partial charge in [0, 0.05) is 33.0 Å². The van der Waals surface area contributed by atoms with Crippen LogP contribution >= 0.6 is 0 Å². The third kappa shape index (κ3) is 2.42. The molecule has 0 bridgehead atoms. The predicted octanol–water partition coefficient (Wildman–Crippen LogP) is 1.80. The summed E-state index contributed by atoms with van der Waals surface area (Å²) in [6.45, 7) is 4.10. The molecule has 102 valence electrons. The number of nitrogens with zero attached hydrogens (tertiary/aromatic N) is 5. The number of imidazole rings is 1.